The van der Waals surface area contributed by atoms with Crippen LogP contribution in [0.4, 0.5) is 0 Å². The van der Waals surface area contributed by atoms with Crippen molar-refractivity contribution in [1.29, 1.82) is 0 Å². The zero-order chi connectivity index (χ0) is 23.8. The van der Waals surface area contributed by atoms with Crippen molar-refractivity contribution in [2.45, 2.75) is 33.5 Å². The highest BCUT2D eigenvalue weighted by molar-refractivity contribution is 6.30. The number of aromatic nitrogens is 2. The molecule has 1 fully saturated rings. The van der Waals surface area contributed by atoms with Gasteiger partial charge in [0.25, 0.3) is 11.5 Å². The molecule has 3 aromatic rings. The quantitative estimate of drug-likeness (QED) is 0.577. The average molecular weight is 469 g/mol. The molecule has 0 aliphatic carbocycles. The molecule has 33 heavy (non-hydrogen) atoms. The number of likely N-dealkylation sites (tertiary alicyclic amines) is 1. The van der Waals surface area contributed by atoms with Crippen LogP contribution in [-0.2, 0) is 24.5 Å². The SMILES string of the molecule is CC1(C)CN(C(=O)Cn2c(=O)c(C(=O)NCc3ccc(Cl)cc3)cc3c(CO)ccnc32)C1. The van der Waals surface area contributed by atoms with Gasteiger partial charge in [0.2, 0.25) is 5.91 Å². The van der Waals surface area contributed by atoms with Gasteiger partial charge in [-0.25, -0.2) is 4.98 Å². The Labute approximate surface area is 195 Å². The summed E-state index contributed by atoms with van der Waals surface area (Å²) in [7, 11) is 0. The Morgan fingerprint density at radius 3 is 2.52 bits per heavy atom. The van der Waals surface area contributed by atoms with E-state index in [0.717, 1.165) is 5.56 Å². The van der Waals surface area contributed by atoms with Crippen molar-refractivity contribution in [3.63, 3.8) is 0 Å². The highest BCUT2D eigenvalue weighted by Crippen LogP contribution is 2.29. The summed E-state index contributed by atoms with van der Waals surface area (Å²) < 4.78 is 1.22. The number of halogens is 1. The van der Waals surface area contributed by atoms with Crippen molar-refractivity contribution in [3.8, 4) is 0 Å². The van der Waals surface area contributed by atoms with E-state index in [-0.39, 0.29) is 42.2 Å². The molecule has 1 aromatic carbocycles. The summed E-state index contributed by atoms with van der Waals surface area (Å²) in [6.07, 6.45) is 1.47. The third-order valence-electron chi connectivity index (χ3n) is 5.74. The minimum atomic E-state index is -0.605. The Bertz CT molecular complexity index is 1280. The number of nitrogens with one attached hydrogen (secondary N) is 1. The zero-order valence-electron chi connectivity index (χ0n) is 18.5. The van der Waals surface area contributed by atoms with Crippen LogP contribution in [0.25, 0.3) is 11.0 Å². The molecule has 1 aliphatic heterocycles. The number of aliphatic hydroxyl groups excluding tert-OH is 1. The number of pyridine rings is 2. The van der Waals surface area contributed by atoms with E-state index in [0.29, 0.717) is 29.1 Å². The molecule has 2 aromatic heterocycles. The predicted molar refractivity (Wildman–Crippen MR) is 125 cm³/mol. The van der Waals surface area contributed by atoms with Gasteiger partial charge in [0, 0.05) is 36.2 Å². The Balaban J connectivity index is 1.68. The summed E-state index contributed by atoms with van der Waals surface area (Å²) in [6.45, 7) is 5.03. The molecule has 0 bridgehead atoms. The second-order valence-electron chi connectivity index (χ2n) is 9.04. The molecular weight excluding hydrogens is 444 g/mol. The van der Waals surface area contributed by atoms with E-state index < -0.39 is 11.5 Å². The van der Waals surface area contributed by atoms with E-state index in [1.807, 2.05) is 0 Å². The number of benzene rings is 1. The number of hydrogen-bond donors (Lipinski definition) is 2. The summed E-state index contributed by atoms with van der Waals surface area (Å²) in [4.78, 5) is 45.0. The minimum Gasteiger partial charge on any atom is -0.392 e. The molecule has 2 amide bonds. The number of nitrogens with zero attached hydrogens (tertiary/aromatic N) is 3. The summed E-state index contributed by atoms with van der Waals surface area (Å²) in [5.74, 6) is -0.788. The van der Waals surface area contributed by atoms with E-state index in [2.05, 4.69) is 24.1 Å². The van der Waals surface area contributed by atoms with Crippen LogP contribution in [0.15, 0.2) is 47.4 Å². The van der Waals surface area contributed by atoms with Gasteiger partial charge in [0.05, 0.1) is 6.61 Å². The number of fused-ring (bicyclic) bond motifs is 1. The van der Waals surface area contributed by atoms with Crippen LogP contribution in [0.1, 0.15) is 35.3 Å². The van der Waals surface area contributed by atoms with Gasteiger partial charge >= 0.3 is 0 Å². The van der Waals surface area contributed by atoms with E-state index in [1.165, 1.54) is 16.8 Å². The van der Waals surface area contributed by atoms with Crippen molar-refractivity contribution in [1.82, 2.24) is 19.8 Å². The first kappa shape index (κ1) is 22.9. The van der Waals surface area contributed by atoms with Crippen molar-refractivity contribution >= 4 is 34.4 Å². The van der Waals surface area contributed by atoms with Crippen molar-refractivity contribution < 1.29 is 14.7 Å². The molecule has 1 saturated heterocycles. The largest absolute Gasteiger partial charge is 0.392 e. The van der Waals surface area contributed by atoms with Crippen LogP contribution in [-0.4, -0.2) is 44.5 Å². The first-order valence-electron chi connectivity index (χ1n) is 10.6. The van der Waals surface area contributed by atoms with Gasteiger partial charge in [-0.1, -0.05) is 37.6 Å². The molecule has 9 heteroatoms. The molecular formula is C24H25ClN4O4. The van der Waals surface area contributed by atoms with Gasteiger partial charge in [-0.05, 0) is 40.8 Å². The molecule has 8 nitrogen and oxygen atoms in total. The van der Waals surface area contributed by atoms with Crippen molar-refractivity contribution in [2.24, 2.45) is 5.41 Å². The lowest BCUT2D eigenvalue weighted by Gasteiger charge is -2.45. The Morgan fingerprint density at radius 1 is 1.18 bits per heavy atom. The molecule has 2 N–H and O–H groups in total. The van der Waals surface area contributed by atoms with Crippen LogP contribution >= 0.6 is 11.6 Å². The van der Waals surface area contributed by atoms with Gasteiger partial charge in [0.15, 0.2) is 0 Å². The van der Waals surface area contributed by atoms with Gasteiger partial charge < -0.3 is 15.3 Å². The second kappa shape index (κ2) is 8.96. The van der Waals surface area contributed by atoms with Crippen molar-refractivity contribution in [3.05, 3.63) is 74.7 Å². The molecule has 172 valence electrons. The zero-order valence-corrected chi connectivity index (χ0v) is 19.2. The molecule has 0 spiro atoms. The fraction of sp³-hybridized carbons (Fsp3) is 0.333. The van der Waals surface area contributed by atoms with E-state index >= 15 is 0 Å². The Hall–Kier alpha value is -3.23. The van der Waals surface area contributed by atoms with Crippen molar-refractivity contribution in [2.75, 3.05) is 13.1 Å². The van der Waals surface area contributed by atoms with E-state index in [1.54, 1.807) is 35.2 Å². The maximum Gasteiger partial charge on any atom is 0.265 e. The van der Waals surface area contributed by atoms with Crippen LogP contribution in [0.3, 0.4) is 0 Å². The van der Waals surface area contributed by atoms with Gasteiger partial charge in [-0.2, -0.15) is 0 Å². The standard InChI is InChI=1S/C24H25ClN4O4/c1-24(2)13-28(14-24)20(31)11-29-21-18(16(12-30)7-8-26-21)9-19(23(29)33)22(32)27-10-15-3-5-17(25)6-4-15/h3-9,30H,10-14H2,1-2H3,(H,27,32). The lowest BCUT2D eigenvalue weighted by molar-refractivity contribution is -0.142. The number of carbonyl (C=O) groups is 2. The third-order valence-corrected chi connectivity index (χ3v) is 6.00. The molecule has 4 rings (SSSR count). The summed E-state index contributed by atoms with van der Waals surface area (Å²) in [6, 6.07) is 10.0. The maximum absolute atomic E-state index is 13.3. The minimum absolute atomic E-state index is 0.0500. The molecule has 0 radical (unpaired) electrons. The predicted octanol–water partition coefficient (Wildman–Crippen LogP) is 2.34. The summed E-state index contributed by atoms with van der Waals surface area (Å²) in [5, 5.41) is 13.6. The smallest absolute Gasteiger partial charge is 0.265 e. The molecule has 0 saturated carbocycles. The molecule has 0 unspecified atom stereocenters. The highest BCUT2D eigenvalue weighted by Gasteiger charge is 2.37. The van der Waals surface area contributed by atoms with Crippen LogP contribution in [0, 0.1) is 5.41 Å². The number of carbonyl (C=O) groups excluding carboxylic acids is 2. The molecule has 0 atom stereocenters. The maximum atomic E-state index is 13.3. The molecule has 3 heterocycles. The van der Waals surface area contributed by atoms with Gasteiger partial charge in [-0.15, -0.1) is 0 Å². The first-order chi connectivity index (χ1) is 15.7. The number of amides is 2. The number of aliphatic hydroxyl groups is 1. The van der Waals surface area contributed by atoms with E-state index in [4.69, 9.17) is 11.6 Å². The fourth-order valence-corrected chi connectivity index (χ4v) is 4.17. The lowest BCUT2D eigenvalue weighted by atomic mass is 9.84. The normalized spacial score (nSPS) is 14.7. The van der Waals surface area contributed by atoms with Gasteiger partial charge in [0.1, 0.15) is 17.8 Å². The van der Waals surface area contributed by atoms with Crippen LogP contribution in [0.2, 0.25) is 5.02 Å². The summed E-state index contributed by atoms with van der Waals surface area (Å²) >= 11 is 5.90. The van der Waals surface area contributed by atoms with E-state index in [9.17, 15) is 19.5 Å². The average Bonchev–Trinajstić information content (AvgIpc) is 2.77. The fourth-order valence-electron chi connectivity index (χ4n) is 4.05. The van der Waals surface area contributed by atoms with Crippen LogP contribution in [0.5, 0.6) is 0 Å². The van der Waals surface area contributed by atoms with Crippen LogP contribution < -0.4 is 10.9 Å². The Morgan fingerprint density at radius 2 is 1.88 bits per heavy atom. The third kappa shape index (κ3) is 4.77. The number of hydrogen-bond acceptors (Lipinski definition) is 5. The highest BCUT2D eigenvalue weighted by atomic mass is 35.5. The lowest BCUT2D eigenvalue weighted by Crippen LogP contribution is -2.56. The second-order valence-corrected chi connectivity index (χ2v) is 9.47. The monoisotopic (exact) mass is 468 g/mol. The number of rotatable bonds is 6. The topological polar surface area (TPSA) is 105 Å². The molecule has 1 aliphatic rings. The Kier molecular flexibility index (Phi) is 6.23. The first-order valence-corrected chi connectivity index (χ1v) is 11.0. The van der Waals surface area contributed by atoms with Gasteiger partial charge in [-0.3, -0.25) is 19.0 Å². The summed E-state index contributed by atoms with van der Waals surface area (Å²) in [5.41, 5.74) is 0.922.